The van der Waals surface area contributed by atoms with Gasteiger partial charge in [-0.25, -0.2) is 0 Å². The van der Waals surface area contributed by atoms with Crippen LogP contribution in [0.1, 0.15) is 11.1 Å². The predicted octanol–water partition coefficient (Wildman–Crippen LogP) is 2.89. The maximum absolute atomic E-state index is 11.6. The van der Waals surface area contributed by atoms with Crippen molar-refractivity contribution in [3.63, 3.8) is 0 Å². The Balaban J connectivity index is 0.00000162. The molecule has 2 nitrogen and oxygen atoms in total. The van der Waals surface area contributed by atoms with Crippen LogP contribution in [-0.4, -0.2) is 11.1 Å². The minimum Gasteiger partial charge on any atom is -0.480 e. The summed E-state index contributed by atoms with van der Waals surface area (Å²) in [4.78, 5) is 11.6. The zero-order valence-electron chi connectivity index (χ0n) is 9.52. The Morgan fingerprint density at radius 1 is 0.889 bits per heavy atom. The van der Waals surface area contributed by atoms with E-state index in [1.807, 2.05) is 60.7 Å². The van der Waals surface area contributed by atoms with Gasteiger partial charge in [-0.15, -0.1) is 9.24 Å². The first-order chi connectivity index (χ1) is 8.15. The van der Waals surface area contributed by atoms with E-state index >= 15 is 0 Å². The molecule has 4 heteroatoms. The van der Waals surface area contributed by atoms with Crippen molar-refractivity contribution >= 4 is 15.2 Å². The van der Waals surface area contributed by atoms with Gasteiger partial charge in [0.25, 0.3) is 0 Å². The van der Waals surface area contributed by atoms with Gasteiger partial charge >= 0.3 is 5.97 Å². The number of aliphatic carboxylic acids is 1. The number of hydrogen-bond donors (Lipinski definition) is 1. The van der Waals surface area contributed by atoms with Crippen molar-refractivity contribution in [2.45, 2.75) is 5.16 Å². The van der Waals surface area contributed by atoms with Crippen molar-refractivity contribution in [3.8, 4) is 0 Å². The summed E-state index contributed by atoms with van der Waals surface area (Å²) >= 11 is 0. The Morgan fingerprint density at radius 2 is 1.22 bits per heavy atom. The second kappa shape index (κ2) is 6.13. The van der Waals surface area contributed by atoms with Crippen LogP contribution in [-0.2, 0) is 26.4 Å². The maximum Gasteiger partial charge on any atom is 0.322 e. The van der Waals surface area contributed by atoms with Gasteiger partial charge in [-0.2, -0.15) is 0 Å². The van der Waals surface area contributed by atoms with Crippen molar-refractivity contribution in [2.75, 3.05) is 0 Å². The van der Waals surface area contributed by atoms with Crippen molar-refractivity contribution in [3.05, 3.63) is 71.8 Å². The van der Waals surface area contributed by atoms with Crippen molar-refractivity contribution in [1.82, 2.24) is 0 Å². The number of benzene rings is 2. The molecule has 0 heterocycles. The normalized spacial score (nSPS) is 10.5. The zero-order chi connectivity index (χ0) is 12.3. The topological polar surface area (TPSA) is 37.3 Å². The Labute approximate surface area is 119 Å². The largest absolute Gasteiger partial charge is 0.480 e. The summed E-state index contributed by atoms with van der Waals surface area (Å²) in [5.74, 6) is -0.875. The van der Waals surface area contributed by atoms with E-state index in [4.69, 9.17) is 0 Å². The molecule has 0 fully saturated rings. The van der Waals surface area contributed by atoms with E-state index in [9.17, 15) is 9.90 Å². The van der Waals surface area contributed by atoms with Crippen LogP contribution in [0.2, 0.25) is 0 Å². The summed E-state index contributed by atoms with van der Waals surface area (Å²) in [6.45, 7) is 0. The van der Waals surface area contributed by atoms with Gasteiger partial charge in [0.2, 0.25) is 0 Å². The monoisotopic (exact) mass is 302 g/mol. The molecule has 1 unspecified atom stereocenters. The number of rotatable bonds is 3. The fraction of sp³-hybridized carbons (Fsp3) is 0.0714. The van der Waals surface area contributed by atoms with Crippen molar-refractivity contribution in [2.24, 2.45) is 0 Å². The van der Waals surface area contributed by atoms with Crippen LogP contribution in [0.15, 0.2) is 60.7 Å². The number of hydrogen-bond acceptors (Lipinski definition) is 1. The molecule has 0 radical (unpaired) electrons. The second-order valence-corrected chi connectivity index (χ2v) is 4.71. The molecule has 0 saturated heterocycles. The summed E-state index contributed by atoms with van der Waals surface area (Å²) < 4.78 is 0. The van der Waals surface area contributed by atoms with E-state index in [1.165, 1.54) is 0 Å². The van der Waals surface area contributed by atoms with Gasteiger partial charge in [0.05, 0.1) is 0 Å². The molecule has 0 aromatic heterocycles. The molecule has 1 atom stereocenters. The molecule has 18 heavy (non-hydrogen) atoms. The molecule has 96 valence electrons. The second-order valence-electron chi connectivity index (χ2n) is 3.85. The van der Waals surface area contributed by atoms with Crippen LogP contribution in [0, 0.1) is 0 Å². The molecule has 0 aliphatic carbocycles. The first kappa shape index (κ1) is 14.9. The van der Waals surface area contributed by atoms with Gasteiger partial charge in [0, 0.05) is 16.5 Å². The van der Waals surface area contributed by atoms with E-state index in [1.54, 1.807) is 0 Å². The summed E-state index contributed by atoms with van der Waals surface area (Å²) in [5.41, 5.74) is 1.51. The average molecular weight is 303 g/mol. The standard InChI is InChI=1S/C14H13O2P.Ni/c15-13(16)14(17,11-7-3-1-4-8-11)12-9-5-2-6-10-12;/h1-10H,17H2,(H,15,16);. The first-order valence-corrected chi connectivity index (χ1v) is 5.87. The van der Waals surface area contributed by atoms with E-state index < -0.39 is 11.1 Å². The van der Waals surface area contributed by atoms with Crippen LogP contribution in [0.5, 0.6) is 0 Å². The molecule has 2 aromatic carbocycles. The Hall–Kier alpha value is -1.17. The fourth-order valence-corrected chi connectivity index (χ4v) is 2.20. The SMILES string of the molecule is O=C(O)C(P)(c1ccccc1)c1ccccc1.[Ni]. The molecule has 2 rings (SSSR count). The van der Waals surface area contributed by atoms with Gasteiger partial charge in [-0.1, -0.05) is 60.7 Å². The number of carboxylic acids is 1. The Morgan fingerprint density at radius 3 is 1.50 bits per heavy atom. The molecule has 0 bridgehead atoms. The van der Waals surface area contributed by atoms with E-state index in [-0.39, 0.29) is 16.5 Å². The van der Waals surface area contributed by atoms with E-state index in [0.717, 1.165) is 11.1 Å². The summed E-state index contributed by atoms with van der Waals surface area (Å²) in [5, 5.41) is 8.44. The van der Waals surface area contributed by atoms with Gasteiger partial charge < -0.3 is 5.11 Å². The minimum absolute atomic E-state index is 0. The molecule has 1 N–H and O–H groups in total. The molecule has 2 aromatic rings. The summed E-state index contributed by atoms with van der Waals surface area (Å²) in [6, 6.07) is 18.5. The number of carbonyl (C=O) groups is 1. The van der Waals surface area contributed by atoms with Crippen molar-refractivity contribution < 1.29 is 26.4 Å². The van der Waals surface area contributed by atoms with Gasteiger partial charge in [-0.3, -0.25) is 4.79 Å². The number of carboxylic acid groups (broad SMARTS) is 1. The Kier molecular flexibility index (Phi) is 5.07. The fourth-order valence-electron chi connectivity index (χ4n) is 1.82. The van der Waals surface area contributed by atoms with Gasteiger partial charge in [0.15, 0.2) is 0 Å². The molecule has 0 aliphatic rings. The molecule has 0 saturated carbocycles. The third-order valence-electron chi connectivity index (χ3n) is 2.80. The first-order valence-electron chi connectivity index (χ1n) is 5.29. The van der Waals surface area contributed by atoms with Gasteiger partial charge in [-0.05, 0) is 11.1 Å². The van der Waals surface area contributed by atoms with Crippen LogP contribution in [0.25, 0.3) is 0 Å². The molecular weight excluding hydrogens is 290 g/mol. The summed E-state index contributed by atoms with van der Waals surface area (Å²) in [6.07, 6.45) is 0. The Bertz CT molecular complexity index is 474. The van der Waals surface area contributed by atoms with Crippen LogP contribution < -0.4 is 0 Å². The maximum atomic E-state index is 11.6. The predicted molar refractivity (Wildman–Crippen MR) is 71.0 cm³/mol. The quantitative estimate of drug-likeness (QED) is 0.699. The zero-order valence-corrected chi connectivity index (χ0v) is 11.7. The van der Waals surface area contributed by atoms with Crippen LogP contribution in [0.4, 0.5) is 0 Å². The van der Waals surface area contributed by atoms with Crippen molar-refractivity contribution in [1.29, 1.82) is 0 Å². The minimum atomic E-state index is -1.08. The molecule has 0 amide bonds. The third-order valence-corrected chi connectivity index (χ3v) is 3.71. The van der Waals surface area contributed by atoms with Crippen LogP contribution >= 0.6 is 9.24 Å². The van der Waals surface area contributed by atoms with Crippen LogP contribution in [0.3, 0.4) is 0 Å². The van der Waals surface area contributed by atoms with E-state index in [2.05, 4.69) is 9.24 Å². The average Bonchev–Trinajstić information content (AvgIpc) is 2.39. The molecule has 0 aliphatic heterocycles. The molecular formula is C14H13NiO2P. The third kappa shape index (κ3) is 2.63. The van der Waals surface area contributed by atoms with E-state index in [0.29, 0.717) is 0 Å². The smallest absolute Gasteiger partial charge is 0.322 e. The molecule has 0 spiro atoms. The summed E-state index contributed by atoms with van der Waals surface area (Å²) in [7, 11) is 2.46. The van der Waals surface area contributed by atoms with Gasteiger partial charge in [0.1, 0.15) is 5.16 Å².